The van der Waals surface area contributed by atoms with Crippen molar-refractivity contribution in [2.45, 2.75) is 5.16 Å². The number of imidazole rings is 1. The molecule has 2 heterocycles. The van der Waals surface area contributed by atoms with Crippen LogP contribution in [0.25, 0.3) is 26.9 Å². The molecule has 0 saturated heterocycles. The molecule has 0 atom stereocenters. The summed E-state index contributed by atoms with van der Waals surface area (Å²) in [5, 5.41) is 14.9. The quantitative estimate of drug-likeness (QED) is 0.210. The van der Waals surface area contributed by atoms with Crippen LogP contribution >= 0.6 is 23.1 Å². The normalized spacial score (nSPS) is 11.1. The molecule has 8 nitrogen and oxygen atoms in total. The van der Waals surface area contributed by atoms with E-state index >= 15 is 0 Å². The Bertz CT molecular complexity index is 1460. The van der Waals surface area contributed by atoms with Gasteiger partial charge in [-0.25, -0.2) is 9.97 Å². The lowest BCUT2D eigenvalue weighted by atomic mass is 10.3. The Balaban J connectivity index is 1.35. The lowest BCUT2D eigenvalue weighted by Crippen LogP contribution is -2.14. The highest BCUT2D eigenvalue weighted by atomic mass is 32.2. The van der Waals surface area contributed by atoms with Gasteiger partial charge in [0.1, 0.15) is 0 Å². The molecule has 0 spiro atoms. The molecular weight excluding hydrogens is 446 g/mol. The topological polar surface area (TPSA) is 103 Å². The van der Waals surface area contributed by atoms with Gasteiger partial charge >= 0.3 is 0 Å². The Hall–Kier alpha value is -3.76. The van der Waals surface area contributed by atoms with Crippen molar-refractivity contribution < 1.29 is 9.72 Å². The predicted molar refractivity (Wildman–Crippen MR) is 127 cm³/mol. The Morgan fingerprint density at radius 3 is 2.62 bits per heavy atom. The van der Waals surface area contributed by atoms with Crippen LogP contribution in [0.4, 0.5) is 10.8 Å². The summed E-state index contributed by atoms with van der Waals surface area (Å²) in [5.74, 6) is -0.0816. The number of nitro benzene ring substituents is 1. The number of aromatic nitrogens is 3. The fourth-order valence-corrected chi connectivity index (χ4v) is 5.04. The number of carbonyl (C=O) groups excluding carboxylic acids is 1. The molecule has 158 valence electrons. The zero-order valence-electron chi connectivity index (χ0n) is 16.5. The van der Waals surface area contributed by atoms with Crippen molar-refractivity contribution >= 4 is 61.1 Å². The first-order valence-electron chi connectivity index (χ1n) is 9.59. The Morgan fingerprint density at radius 2 is 1.81 bits per heavy atom. The molecule has 32 heavy (non-hydrogen) atoms. The van der Waals surface area contributed by atoms with Crippen molar-refractivity contribution in [1.82, 2.24) is 14.5 Å². The third kappa shape index (κ3) is 3.93. The van der Waals surface area contributed by atoms with Gasteiger partial charge in [-0.15, -0.1) is 0 Å². The van der Waals surface area contributed by atoms with Crippen LogP contribution in [0.15, 0.2) is 78.0 Å². The molecule has 2 aromatic heterocycles. The molecule has 0 radical (unpaired) electrons. The highest BCUT2D eigenvalue weighted by molar-refractivity contribution is 7.99. The molecule has 0 bridgehead atoms. The minimum absolute atomic E-state index is 0.00519. The second-order valence-electron chi connectivity index (χ2n) is 6.82. The van der Waals surface area contributed by atoms with E-state index in [9.17, 15) is 14.9 Å². The number of nitro groups is 1. The SMILES string of the molecule is O=C(CSc1nc2ccccc2n1-c1ccccc1)Nc1nc2ccc([N+](=O)[O-])cc2s1. The number of rotatable bonds is 6. The molecule has 0 aliphatic rings. The number of non-ortho nitro benzene ring substituents is 1. The Kier molecular flexibility index (Phi) is 5.29. The van der Waals surface area contributed by atoms with Gasteiger partial charge < -0.3 is 5.32 Å². The average molecular weight is 462 g/mol. The first-order valence-corrected chi connectivity index (χ1v) is 11.4. The van der Waals surface area contributed by atoms with E-state index in [0.29, 0.717) is 20.5 Å². The van der Waals surface area contributed by atoms with E-state index < -0.39 is 4.92 Å². The summed E-state index contributed by atoms with van der Waals surface area (Å²) >= 11 is 2.54. The van der Waals surface area contributed by atoms with Crippen LogP contribution in [0.2, 0.25) is 0 Å². The van der Waals surface area contributed by atoms with Gasteiger partial charge in [-0.1, -0.05) is 53.4 Å². The number of benzene rings is 3. The number of nitrogens with zero attached hydrogens (tertiary/aromatic N) is 4. The van der Waals surface area contributed by atoms with E-state index in [0.717, 1.165) is 16.7 Å². The second-order valence-corrected chi connectivity index (χ2v) is 8.79. The summed E-state index contributed by atoms with van der Waals surface area (Å²) in [4.78, 5) is 32.1. The third-order valence-electron chi connectivity index (χ3n) is 4.71. The molecule has 0 aliphatic heterocycles. The minimum atomic E-state index is -0.452. The van der Waals surface area contributed by atoms with Gasteiger partial charge in [0.05, 0.1) is 31.9 Å². The maximum atomic E-state index is 12.6. The largest absolute Gasteiger partial charge is 0.301 e. The van der Waals surface area contributed by atoms with Gasteiger partial charge in [0.25, 0.3) is 5.69 Å². The molecule has 3 aromatic carbocycles. The summed E-state index contributed by atoms with van der Waals surface area (Å²) in [7, 11) is 0. The summed E-state index contributed by atoms with van der Waals surface area (Å²) in [6.07, 6.45) is 0. The number of para-hydroxylation sites is 3. The van der Waals surface area contributed by atoms with Crippen LogP contribution in [-0.2, 0) is 4.79 Å². The molecule has 0 saturated carbocycles. The molecule has 5 aromatic rings. The Morgan fingerprint density at radius 1 is 1.03 bits per heavy atom. The first kappa shape index (κ1) is 20.2. The Labute approximate surface area is 190 Å². The number of thioether (sulfide) groups is 1. The third-order valence-corrected chi connectivity index (χ3v) is 6.58. The number of thiazole rings is 1. The molecule has 1 N–H and O–H groups in total. The number of nitrogens with one attached hydrogen (secondary N) is 1. The van der Waals surface area contributed by atoms with Crippen LogP contribution in [0.3, 0.4) is 0 Å². The number of fused-ring (bicyclic) bond motifs is 2. The average Bonchev–Trinajstić information content (AvgIpc) is 3.38. The highest BCUT2D eigenvalue weighted by Gasteiger charge is 2.16. The van der Waals surface area contributed by atoms with Crippen LogP contribution in [-0.4, -0.2) is 31.1 Å². The van der Waals surface area contributed by atoms with Crippen molar-refractivity contribution in [1.29, 1.82) is 0 Å². The number of hydrogen-bond acceptors (Lipinski definition) is 7. The number of anilines is 1. The monoisotopic (exact) mass is 461 g/mol. The molecular formula is C22H15N5O3S2. The van der Waals surface area contributed by atoms with Crippen molar-refractivity contribution in [3.8, 4) is 5.69 Å². The predicted octanol–water partition coefficient (Wildman–Crippen LogP) is 5.27. The van der Waals surface area contributed by atoms with Crippen LogP contribution < -0.4 is 5.32 Å². The van der Waals surface area contributed by atoms with Crippen molar-refractivity contribution in [2.75, 3.05) is 11.1 Å². The lowest BCUT2D eigenvalue weighted by molar-refractivity contribution is -0.384. The highest BCUT2D eigenvalue weighted by Crippen LogP contribution is 2.30. The zero-order valence-corrected chi connectivity index (χ0v) is 18.1. The van der Waals surface area contributed by atoms with Gasteiger partial charge in [-0.3, -0.25) is 19.5 Å². The van der Waals surface area contributed by atoms with E-state index in [4.69, 9.17) is 4.98 Å². The molecule has 5 rings (SSSR count). The van der Waals surface area contributed by atoms with Gasteiger partial charge in [0, 0.05) is 17.8 Å². The molecule has 10 heteroatoms. The molecule has 0 unspecified atom stereocenters. The summed E-state index contributed by atoms with van der Waals surface area (Å²) in [6, 6.07) is 22.1. The summed E-state index contributed by atoms with van der Waals surface area (Å²) in [5.41, 5.74) is 3.39. The smallest absolute Gasteiger partial charge is 0.270 e. The van der Waals surface area contributed by atoms with Crippen LogP contribution in [0, 0.1) is 10.1 Å². The second kappa shape index (κ2) is 8.40. The van der Waals surface area contributed by atoms with Gasteiger partial charge in [0.2, 0.25) is 5.91 Å². The minimum Gasteiger partial charge on any atom is -0.301 e. The van der Waals surface area contributed by atoms with E-state index in [1.807, 2.05) is 59.2 Å². The maximum Gasteiger partial charge on any atom is 0.270 e. The fourth-order valence-electron chi connectivity index (χ4n) is 3.29. The standard InChI is InChI=1S/C22H15N5O3S2/c28-20(25-21-23-17-11-10-15(27(29)30)12-19(17)32-21)13-31-22-24-16-8-4-5-9-18(16)26(22)14-6-2-1-3-7-14/h1-12H,13H2,(H,23,25,28). The zero-order chi connectivity index (χ0) is 22.1. The van der Waals surface area contributed by atoms with E-state index in [2.05, 4.69) is 10.3 Å². The number of carbonyl (C=O) groups is 1. The molecule has 0 fully saturated rings. The number of hydrogen-bond donors (Lipinski definition) is 1. The molecule has 0 aliphatic carbocycles. The molecule has 1 amide bonds. The van der Waals surface area contributed by atoms with Crippen LogP contribution in [0.1, 0.15) is 0 Å². The van der Waals surface area contributed by atoms with Gasteiger partial charge in [-0.05, 0) is 30.3 Å². The van der Waals surface area contributed by atoms with Crippen molar-refractivity contribution in [2.24, 2.45) is 0 Å². The van der Waals surface area contributed by atoms with Gasteiger partial charge in [-0.2, -0.15) is 0 Å². The summed E-state index contributed by atoms with van der Waals surface area (Å²) in [6.45, 7) is 0. The van der Waals surface area contributed by atoms with Crippen LogP contribution in [0.5, 0.6) is 0 Å². The summed E-state index contributed by atoms with van der Waals surface area (Å²) < 4.78 is 2.68. The fraction of sp³-hybridized carbons (Fsp3) is 0.0455. The lowest BCUT2D eigenvalue weighted by Gasteiger charge is -2.08. The van der Waals surface area contributed by atoms with E-state index in [1.165, 1.54) is 35.2 Å². The van der Waals surface area contributed by atoms with E-state index in [1.54, 1.807) is 6.07 Å². The first-order chi connectivity index (χ1) is 15.6. The van der Waals surface area contributed by atoms with E-state index in [-0.39, 0.29) is 17.3 Å². The van der Waals surface area contributed by atoms with Gasteiger partial charge in [0.15, 0.2) is 10.3 Å². The maximum absolute atomic E-state index is 12.6. The van der Waals surface area contributed by atoms with Crippen molar-refractivity contribution in [3.63, 3.8) is 0 Å². The van der Waals surface area contributed by atoms with Crippen molar-refractivity contribution in [3.05, 3.63) is 82.9 Å². The number of amides is 1.